The second-order valence-corrected chi connectivity index (χ2v) is 7.88. The number of hydrogen-bond donors (Lipinski definition) is 0. The minimum Gasteiger partial charge on any atom is -0.460 e. The van der Waals surface area contributed by atoms with Crippen LogP contribution in [-0.4, -0.2) is 54.0 Å². The molecule has 1 atom stereocenters. The minimum atomic E-state index is -0.498. The SMILES string of the molecule is CC(C)(C)OC(=O)CCOCC1CCCN1C(=O)OC(C)(C)C. The van der Waals surface area contributed by atoms with Gasteiger partial charge >= 0.3 is 12.1 Å². The third kappa shape index (κ3) is 8.21. The van der Waals surface area contributed by atoms with E-state index in [1.807, 2.05) is 41.5 Å². The molecular formula is C17H31NO5. The Morgan fingerprint density at radius 2 is 1.65 bits per heavy atom. The van der Waals surface area contributed by atoms with Crippen molar-refractivity contribution in [1.29, 1.82) is 0 Å². The molecule has 0 aromatic rings. The van der Waals surface area contributed by atoms with Crippen LogP contribution in [0.5, 0.6) is 0 Å². The first-order chi connectivity index (χ1) is 10.5. The predicted octanol–water partition coefficient (Wildman–Crippen LogP) is 3.13. The van der Waals surface area contributed by atoms with Crippen molar-refractivity contribution in [3.8, 4) is 0 Å². The van der Waals surface area contributed by atoms with Crippen LogP contribution in [0.25, 0.3) is 0 Å². The molecular weight excluding hydrogens is 298 g/mol. The van der Waals surface area contributed by atoms with E-state index in [-0.39, 0.29) is 24.5 Å². The number of hydrogen-bond acceptors (Lipinski definition) is 5. The summed E-state index contributed by atoms with van der Waals surface area (Å²) in [6.07, 6.45) is 1.76. The van der Waals surface area contributed by atoms with Gasteiger partial charge in [-0.2, -0.15) is 0 Å². The van der Waals surface area contributed by atoms with Crippen molar-refractivity contribution < 1.29 is 23.8 Å². The highest BCUT2D eigenvalue weighted by Gasteiger charge is 2.32. The molecule has 1 unspecified atom stereocenters. The maximum atomic E-state index is 12.1. The third-order valence-corrected chi connectivity index (χ3v) is 3.19. The number of rotatable bonds is 5. The van der Waals surface area contributed by atoms with Crippen LogP contribution in [-0.2, 0) is 19.0 Å². The van der Waals surface area contributed by atoms with E-state index in [1.165, 1.54) is 0 Å². The summed E-state index contributed by atoms with van der Waals surface area (Å²) in [5.41, 5.74) is -0.974. The molecule has 0 radical (unpaired) electrons. The maximum absolute atomic E-state index is 12.1. The zero-order valence-corrected chi connectivity index (χ0v) is 15.3. The molecule has 1 aliphatic rings. The standard InChI is InChI=1S/C17H31NO5/c1-16(2,3)22-14(19)9-11-21-12-13-8-7-10-18(13)15(20)23-17(4,5)6/h13H,7-12H2,1-6H3. The van der Waals surface area contributed by atoms with E-state index in [4.69, 9.17) is 14.2 Å². The van der Waals surface area contributed by atoms with Crippen LogP contribution in [0.3, 0.4) is 0 Å². The molecule has 6 heteroatoms. The first kappa shape index (κ1) is 19.7. The van der Waals surface area contributed by atoms with Crippen LogP contribution in [0.4, 0.5) is 4.79 Å². The smallest absolute Gasteiger partial charge is 0.410 e. The molecule has 1 amide bonds. The maximum Gasteiger partial charge on any atom is 0.410 e. The molecule has 1 aliphatic heterocycles. The van der Waals surface area contributed by atoms with Crippen molar-refractivity contribution in [2.45, 2.75) is 78.0 Å². The highest BCUT2D eigenvalue weighted by Crippen LogP contribution is 2.21. The Labute approximate surface area is 139 Å². The number of likely N-dealkylation sites (tertiary alicyclic amines) is 1. The monoisotopic (exact) mass is 329 g/mol. The summed E-state index contributed by atoms with van der Waals surface area (Å²) in [7, 11) is 0. The van der Waals surface area contributed by atoms with Crippen molar-refractivity contribution in [3.63, 3.8) is 0 Å². The summed E-state index contributed by atoms with van der Waals surface area (Å²) >= 11 is 0. The molecule has 1 heterocycles. The van der Waals surface area contributed by atoms with Gasteiger partial charge in [0.15, 0.2) is 0 Å². The molecule has 0 aliphatic carbocycles. The zero-order chi connectivity index (χ0) is 17.7. The Kier molecular flexibility index (Phi) is 6.86. The summed E-state index contributed by atoms with van der Waals surface area (Å²) < 4.78 is 16.2. The Morgan fingerprint density at radius 1 is 1.04 bits per heavy atom. The van der Waals surface area contributed by atoms with E-state index in [2.05, 4.69) is 0 Å². The van der Waals surface area contributed by atoms with E-state index in [0.29, 0.717) is 19.8 Å². The van der Waals surface area contributed by atoms with Crippen LogP contribution >= 0.6 is 0 Å². The minimum absolute atomic E-state index is 0.0171. The Morgan fingerprint density at radius 3 is 2.22 bits per heavy atom. The summed E-state index contributed by atoms with van der Waals surface area (Å²) in [5.74, 6) is -0.270. The largest absolute Gasteiger partial charge is 0.460 e. The molecule has 1 saturated heterocycles. The van der Waals surface area contributed by atoms with Gasteiger partial charge in [0.05, 0.1) is 25.7 Å². The first-order valence-electron chi connectivity index (χ1n) is 8.27. The van der Waals surface area contributed by atoms with Gasteiger partial charge in [-0.25, -0.2) is 4.79 Å². The lowest BCUT2D eigenvalue weighted by molar-refractivity contribution is -0.156. The van der Waals surface area contributed by atoms with Gasteiger partial charge < -0.3 is 19.1 Å². The lowest BCUT2D eigenvalue weighted by atomic mass is 10.2. The molecule has 0 bridgehead atoms. The molecule has 1 fully saturated rings. The summed E-state index contributed by atoms with van der Waals surface area (Å²) in [6, 6.07) is 0.0171. The molecule has 23 heavy (non-hydrogen) atoms. The zero-order valence-electron chi connectivity index (χ0n) is 15.3. The predicted molar refractivity (Wildman–Crippen MR) is 87.2 cm³/mol. The Bertz CT molecular complexity index is 408. The average Bonchev–Trinajstić information content (AvgIpc) is 2.78. The number of carbonyl (C=O) groups excluding carboxylic acids is 2. The highest BCUT2D eigenvalue weighted by molar-refractivity contribution is 5.70. The van der Waals surface area contributed by atoms with Gasteiger partial charge in [0.2, 0.25) is 0 Å². The molecule has 0 saturated carbocycles. The van der Waals surface area contributed by atoms with E-state index in [9.17, 15) is 9.59 Å². The highest BCUT2D eigenvalue weighted by atomic mass is 16.6. The number of carbonyl (C=O) groups is 2. The topological polar surface area (TPSA) is 65.1 Å². The molecule has 0 aromatic heterocycles. The number of nitrogens with zero attached hydrogens (tertiary/aromatic N) is 1. The number of esters is 1. The van der Waals surface area contributed by atoms with Crippen LogP contribution in [0, 0.1) is 0 Å². The third-order valence-electron chi connectivity index (χ3n) is 3.19. The fraction of sp³-hybridized carbons (Fsp3) is 0.882. The van der Waals surface area contributed by atoms with Gasteiger partial charge in [-0.05, 0) is 54.4 Å². The Hall–Kier alpha value is -1.30. The molecule has 6 nitrogen and oxygen atoms in total. The fourth-order valence-corrected chi connectivity index (χ4v) is 2.34. The fourth-order valence-electron chi connectivity index (χ4n) is 2.34. The van der Waals surface area contributed by atoms with Crippen LogP contribution in [0.2, 0.25) is 0 Å². The van der Waals surface area contributed by atoms with Gasteiger partial charge in [-0.1, -0.05) is 0 Å². The molecule has 0 spiro atoms. The average molecular weight is 329 g/mol. The van der Waals surface area contributed by atoms with Gasteiger partial charge in [0.1, 0.15) is 11.2 Å². The van der Waals surface area contributed by atoms with Gasteiger partial charge in [0, 0.05) is 6.54 Å². The molecule has 1 rings (SSSR count). The van der Waals surface area contributed by atoms with Crippen molar-refractivity contribution in [2.24, 2.45) is 0 Å². The Balaban J connectivity index is 2.31. The molecule has 0 N–H and O–H groups in total. The second kappa shape index (κ2) is 7.99. The van der Waals surface area contributed by atoms with Crippen molar-refractivity contribution in [3.05, 3.63) is 0 Å². The summed E-state index contributed by atoms with van der Waals surface area (Å²) in [4.78, 5) is 25.5. The van der Waals surface area contributed by atoms with Crippen molar-refractivity contribution in [1.82, 2.24) is 4.90 Å². The summed E-state index contributed by atoms with van der Waals surface area (Å²) in [6.45, 7) is 12.5. The normalized spacial score (nSPS) is 18.9. The lowest BCUT2D eigenvalue weighted by Crippen LogP contribution is -2.41. The van der Waals surface area contributed by atoms with E-state index in [1.54, 1.807) is 4.90 Å². The van der Waals surface area contributed by atoms with E-state index in [0.717, 1.165) is 12.8 Å². The summed E-state index contributed by atoms with van der Waals surface area (Å²) in [5, 5.41) is 0. The van der Waals surface area contributed by atoms with Crippen molar-refractivity contribution >= 4 is 12.1 Å². The van der Waals surface area contributed by atoms with Gasteiger partial charge in [0.25, 0.3) is 0 Å². The number of amides is 1. The van der Waals surface area contributed by atoms with Crippen molar-refractivity contribution in [2.75, 3.05) is 19.8 Å². The van der Waals surface area contributed by atoms with Crippen LogP contribution in [0.1, 0.15) is 60.8 Å². The van der Waals surface area contributed by atoms with E-state index < -0.39 is 11.2 Å². The molecule has 134 valence electrons. The lowest BCUT2D eigenvalue weighted by Gasteiger charge is -2.28. The van der Waals surface area contributed by atoms with Gasteiger partial charge in [-0.15, -0.1) is 0 Å². The van der Waals surface area contributed by atoms with Crippen LogP contribution < -0.4 is 0 Å². The second-order valence-electron chi connectivity index (χ2n) is 7.88. The number of ether oxygens (including phenoxy) is 3. The quantitative estimate of drug-likeness (QED) is 0.573. The first-order valence-corrected chi connectivity index (χ1v) is 8.27. The molecule has 0 aromatic carbocycles. The van der Waals surface area contributed by atoms with Gasteiger partial charge in [-0.3, -0.25) is 4.79 Å². The van der Waals surface area contributed by atoms with Crippen LogP contribution in [0.15, 0.2) is 0 Å². The van der Waals surface area contributed by atoms with E-state index >= 15 is 0 Å².